The molecular weight excluding hydrogens is 278 g/mol. The average molecular weight is 295 g/mol. The van der Waals surface area contributed by atoms with Crippen LogP contribution in [-0.2, 0) is 4.79 Å². The fourth-order valence-corrected chi connectivity index (χ4v) is 1.34. The van der Waals surface area contributed by atoms with Crippen LogP contribution in [0.5, 0.6) is 5.75 Å². The number of nitrogens with one attached hydrogen (secondary N) is 1. The number of imide groups is 1. The van der Waals surface area contributed by atoms with E-state index in [1.54, 1.807) is 0 Å². The van der Waals surface area contributed by atoms with Crippen LogP contribution in [0, 0.1) is 5.92 Å². The van der Waals surface area contributed by atoms with Gasteiger partial charge in [-0.05, 0) is 12.0 Å². The molecule has 2 amide bonds. The molecule has 114 valence electrons. The molecule has 0 fully saturated rings. The van der Waals surface area contributed by atoms with E-state index in [2.05, 4.69) is 4.98 Å². The van der Waals surface area contributed by atoms with Gasteiger partial charge in [0.05, 0.1) is 18.7 Å². The molecule has 0 radical (unpaired) electrons. The number of ether oxygens (including phenoxy) is 1. The first-order valence-electron chi connectivity index (χ1n) is 6.25. The number of nitrogens with two attached hydrogens (primary N) is 1. The van der Waals surface area contributed by atoms with Crippen molar-refractivity contribution in [1.82, 2.24) is 10.3 Å². The molecule has 8 nitrogen and oxygen atoms in total. The van der Waals surface area contributed by atoms with E-state index in [1.807, 2.05) is 19.2 Å². The van der Waals surface area contributed by atoms with Crippen LogP contribution in [0.4, 0.5) is 0 Å². The van der Waals surface area contributed by atoms with Gasteiger partial charge in [-0.1, -0.05) is 13.8 Å². The van der Waals surface area contributed by atoms with Gasteiger partial charge in [0, 0.05) is 6.20 Å². The lowest BCUT2D eigenvalue weighted by Crippen LogP contribution is -2.36. The summed E-state index contributed by atoms with van der Waals surface area (Å²) in [5.74, 6) is -2.48. The number of hydrogen-bond acceptors (Lipinski definition) is 6. The summed E-state index contributed by atoms with van der Waals surface area (Å²) >= 11 is 0. The highest BCUT2D eigenvalue weighted by Crippen LogP contribution is 2.19. The van der Waals surface area contributed by atoms with Gasteiger partial charge in [0.25, 0.3) is 5.91 Å². The third-order valence-electron chi connectivity index (χ3n) is 2.33. The van der Waals surface area contributed by atoms with Crippen molar-refractivity contribution in [2.24, 2.45) is 11.7 Å². The zero-order chi connectivity index (χ0) is 16.0. The Balaban J connectivity index is 3.08. The van der Waals surface area contributed by atoms with Gasteiger partial charge in [0.1, 0.15) is 0 Å². The summed E-state index contributed by atoms with van der Waals surface area (Å²) in [5.41, 5.74) is 4.83. The van der Waals surface area contributed by atoms with Crippen molar-refractivity contribution in [2.45, 2.75) is 13.8 Å². The summed E-state index contributed by atoms with van der Waals surface area (Å²) in [6.45, 7) is 3.72. The van der Waals surface area contributed by atoms with Gasteiger partial charge in [0.15, 0.2) is 11.4 Å². The molecule has 1 aromatic heterocycles. The molecule has 0 aliphatic carbocycles. The lowest BCUT2D eigenvalue weighted by Gasteiger charge is -2.12. The lowest BCUT2D eigenvalue weighted by atomic mass is 10.2. The van der Waals surface area contributed by atoms with E-state index in [0.717, 1.165) is 6.20 Å². The van der Waals surface area contributed by atoms with Crippen molar-refractivity contribution in [3.63, 3.8) is 0 Å². The molecule has 0 aromatic carbocycles. The highest BCUT2D eigenvalue weighted by molar-refractivity contribution is 6.05. The number of hydrogen-bond donors (Lipinski definition) is 3. The average Bonchev–Trinajstić information content (AvgIpc) is 2.44. The summed E-state index contributed by atoms with van der Waals surface area (Å²) in [6.07, 6.45) is 1.02. The molecule has 1 rings (SSSR count). The van der Waals surface area contributed by atoms with Crippen LogP contribution < -0.4 is 15.8 Å². The Kier molecular flexibility index (Phi) is 5.79. The summed E-state index contributed by atoms with van der Waals surface area (Å²) in [7, 11) is 0. The number of carboxylic acid groups (broad SMARTS) is 1. The number of carbonyl (C=O) groups is 3. The second-order valence-corrected chi connectivity index (χ2v) is 4.66. The first-order chi connectivity index (χ1) is 9.85. The Morgan fingerprint density at radius 2 is 2.10 bits per heavy atom. The van der Waals surface area contributed by atoms with Crippen LogP contribution in [-0.4, -0.2) is 41.0 Å². The van der Waals surface area contributed by atoms with Gasteiger partial charge in [-0.15, -0.1) is 0 Å². The first-order valence-corrected chi connectivity index (χ1v) is 6.25. The van der Waals surface area contributed by atoms with Crippen molar-refractivity contribution in [3.05, 3.63) is 23.5 Å². The molecule has 4 N–H and O–H groups in total. The monoisotopic (exact) mass is 295 g/mol. The minimum atomic E-state index is -1.19. The summed E-state index contributed by atoms with van der Waals surface area (Å²) in [5, 5.41) is 11.0. The topological polar surface area (TPSA) is 132 Å². The van der Waals surface area contributed by atoms with E-state index < -0.39 is 17.8 Å². The SMILES string of the molecule is CC(C)COc1cc(C(=O)O)cnc1C(=O)NC(=O)CN. The predicted molar refractivity (Wildman–Crippen MR) is 73.1 cm³/mol. The Hall–Kier alpha value is -2.48. The fraction of sp³-hybridized carbons (Fsp3) is 0.385. The van der Waals surface area contributed by atoms with Crippen LogP contribution in [0.25, 0.3) is 0 Å². The number of rotatable bonds is 6. The second-order valence-electron chi connectivity index (χ2n) is 4.66. The molecule has 8 heteroatoms. The number of carboxylic acids is 1. The fourth-order valence-electron chi connectivity index (χ4n) is 1.34. The Morgan fingerprint density at radius 3 is 2.62 bits per heavy atom. The number of aromatic nitrogens is 1. The van der Waals surface area contributed by atoms with E-state index in [0.29, 0.717) is 0 Å². The quantitative estimate of drug-likeness (QED) is 0.674. The maximum atomic E-state index is 11.9. The second kappa shape index (κ2) is 7.34. The van der Waals surface area contributed by atoms with E-state index in [9.17, 15) is 14.4 Å². The molecule has 0 spiro atoms. The van der Waals surface area contributed by atoms with E-state index in [1.165, 1.54) is 6.07 Å². The summed E-state index contributed by atoms with van der Waals surface area (Å²) in [4.78, 5) is 37.7. The highest BCUT2D eigenvalue weighted by Gasteiger charge is 2.19. The van der Waals surface area contributed by atoms with Gasteiger partial charge < -0.3 is 15.6 Å². The minimum absolute atomic E-state index is 0.00548. The Morgan fingerprint density at radius 1 is 1.43 bits per heavy atom. The molecule has 0 atom stereocenters. The normalized spacial score (nSPS) is 10.3. The first kappa shape index (κ1) is 16.6. The van der Waals surface area contributed by atoms with Crippen LogP contribution in [0.1, 0.15) is 34.7 Å². The Bertz CT molecular complexity index is 557. The summed E-state index contributed by atoms with van der Waals surface area (Å²) < 4.78 is 5.40. The van der Waals surface area contributed by atoms with Gasteiger partial charge in [-0.25, -0.2) is 9.78 Å². The third-order valence-corrected chi connectivity index (χ3v) is 2.33. The Labute approximate surface area is 121 Å². The van der Waals surface area contributed by atoms with Crippen LogP contribution in [0.15, 0.2) is 12.3 Å². The minimum Gasteiger partial charge on any atom is -0.491 e. The van der Waals surface area contributed by atoms with Gasteiger partial charge in [-0.2, -0.15) is 0 Å². The molecule has 0 saturated heterocycles. The molecule has 0 bridgehead atoms. The van der Waals surface area contributed by atoms with E-state index in [-0.39, 0.29) is 36.1 Å². The number of aromatic carboxylic acids is 1. The maximum absolute atomic E-state index is 11.9. The molecule has 0 aliphatic heterocycles. The number of nitrogens with zero attached hydrogens (tertiary/aromatic N) is 1. The van der Waals surface area contributed by atoms with Crippen molar-refractivity contribution < 1.29 is 24.2 Å². The van der Waals surface area contributed by atoms with Crippen LogP contribution in [0.3, 0.4) is 0 Å². The predicted octanol–water partition coefficient (Wildman–Crippen LogP) is 0.0297. The third kappa shape index (κ3) is 4.84. The molecule has 1 aromatic rings. The van der Waals surface area contributed by atoms with Crippen LogP contribution >= 0.6 is 0 Å². The molecule has 0 aliphatic rings. The standard InChI is InChI=1S/C13H17N3O5/c1-7(2)6-21-9-3-8(13(19)20)5-15-11(9)12(18)16-10(17)4-14/h3,5,7H,4,6,14H2,1-2H3,(H,19,20)(H,16,17,18). The van der Waals surface area contributed by atoms with Gasteiger partial charge in [0.2, 0.25) is 5.91 Å². The maximum Gasteiger partial charge on any atom is 0.337 e. The molecule has 1 heterocycles. The zero-order valence-electron chi connectivity index (χ0n) is 11.8. The molecule has 21 heavy (non-hydrogen) atoms. The zero-order valence-corrected chi connectivity index (χ0v) is 11.8. The van der Waals surface area contributed by atoms with Gasteiger partial charge >= 0.3 is 5.97 Å². The van der Waals surface area contributed by atoms with E-state index >= 15 is 0 Å². The molecule has 0 saturated carbocycles. The van der Waals surface area contributed by atoms with Crippen molar-refractivity contribution in [2.75, 3.05) is 13.2 Å². The number of carbonyl (C=O) groups excluding carboxylic acids is 2. The molecule has 0 unspecified atom stereocenters. The number of amides is 2. The lowest BCUT2D eigenvalue weighted by molar-refractivity contribution is -0.118. The number of pyridine rings is 1. The van der Waals surface area contributed by atoms with E-state index in [4.69, 9.17) is 15.6 Å². The van der Waals surface area contributed by atoms with Crippen LogP contribution in [0.2, 0.25) is 0 Å². The summed E-state index contributed by atoms with van der Waals surface area (Å²) in [6, 6.07) is 1.19. The van der Waals surface area contributed by atoms with Crippen molar-refractivity contribution >= 4 is 17.8 Å². The molecular formula is C13H17N3O5. The van der Waals surface area contributed by atoms with Crippen molar-refractivity contribution in [1.29, 1.82) is 0 Å². The smallest absolute Gasteiger partial charge is 0.337 e. The highest BCUT2D eigenvalue weighted by atomic mass is 16.5. The van der Waals surface area contributed by atoms with Gasteiger partial charge in [-0.3, -0.25) is 14.9 Å². The van der Waals surface area contributed by atoms with Crippen molar-refractivity contribution in [3.8, 4) is 5.75 Å². The largest absolute Gasteiger partial charge is 0.491 e.